The second kappa shape index (κ2) is 8.46. The van der Waals surface area contributed by atoms with Crippen molar-refractivity contribution >= 4 is 22.6 Å². The topological polar surface area (TPSA) is 54.9 Å². The first-order valence-corrected chi connectivity index (χ1v) is 10.5. The van der Waals surface area contributed by atoms with Gasteiger partial charge in [-0.15, -0.1) is 0 Å². The summed E-state index contributed by atoms with van der Waals surface area (Å²) in [6.45, 7) is 2.56. The van der Waals surface area contributed by atoms with E-state index in [2.05, 4.69) is 31.2 Å². The van der Waals surface area contributed by atoms with Crippen molar-refractivity contribution < 1.29 is 14.3 Å². The van der Waals surface area contributed by atoms with Gasteiger partial charge in [0, 0.05) is 37.6 Å². The van der Waals surface area contributed by atoms with E-state index < -0.39 is 0 Å². The number of fused-ring (bicyclic) bond motifs is 1. The number of anilines is 1. The van der Waals surface area contributed by atoms with Crippen molar-refractivity contribution in [2.45, 2.75) is 32.4 Å². The normalized spacial score (nSPS) is 13.2. The fourth-order valence-electron chi connectivity index (χ4n) is 3.96. The van der Waals surface area contributed by atoms with Crippen LogP contribution in [0, 0.1) is 6.92 Å². The van der Waals surface area contributed by atoms with Crippen LogP contribution in [-0.2, 0) is 6.54 Å². The Kier molecular flexibility index (Phi) is 5.72. The van der Waals surface area contributed by atoms with Gasteiger partial charge in [0.25, 0.3) is 5.91 Å². The number of carbonyl (C=O) groups excluding carboxylic acids is 1. The maximum atomic E-state index is 13.6. The molecular weight excluding hydrogens is 390 g/mol. The molecule has 1 aliphatic carbocycles. The van der Waals surface area contributed by atoms with Crippen LogP contribution in [0.5, 0.6) is 11.5 Å². The first-order valence-electron chi connectivity index (χ1n) is 10.5. The fraction of sp³-hybridized carbons (Fsp3) is 0.360. The molecule has 162 valence electrons. The van der Waals surface area contributed by atoms with E-state index in [1.165, 1.54) is 5.56 Å². The van der Waals surface area contributed by atoms with Crippen molar-refractivity contribution in [3.8, 4) is 11.5 Å². The monoisotopic (exact) mass is 419 g/mol. The Hall–Kier alpha value is -3.28. The standard InChI is InChI=1S/C25H29N3O3/c1-16-9-10-17-14-18(24(27(2)3)26-21(17)13-16)15-28(19-11-12-19)25(29)20-7-6-8-22(30-4)23(20)31-5/h6-10,13-14,19H,11-12,15H2,1-5H3. The molecule has 1 saturated carbocycles. The number of methoxy groups -OCH3 is 2. The van der Waals surface area contributed by atoms with Gasteiger partial charge in [-0.05, 0) is 49.6 Å². The number of nitrogens with zero attached hydrogens (tertiary/aromatic N) is 3. The maximum Gasteiger partial charge on any atom is 0.258 e. The summed E-state index contributed by atoms with van der Waals surface area (Å²) >= 11 is 0. The van der Waals surface area contributed by atoms with Gasteiger partial charge in [-0.2, -0.15) is 0 Å². The molecule has 1 fully saturated rings. The van der Waals surface area contributed by atoms with Crippen molar-refractivity contribution in [2.75, 3.05) is 33.2 Å². The van der Waals surface area contributed by atoms with Gasteiger partial charge in [0.15, 0.2) is 11.5 Å². The van der Waals surface area contributed by atoms with Gasteiger partial charge < -0.3 is 19.3 Å². The Morgan fingerprint density at radius 1 is 1.10 bits per heavy atom. The predicted octanol–water partition coefficient (Wildman–Crippen LogP) is 4.43. The quantitative estimate of drug-likeness (QED) is 0.567. The third kappa shape index (κ3) is 4.15. The number of benzene rings is 2. The molecule has 1 aliphatic rings. The van der Waals surface area contributed by atoms with Crippen molar-refractivity contribution in [1.82, 2.24) is 9.88 Å². The lowest BCUT2D eigenvalue weighted by molar-refractivity contribution is 0.0726. The van der Waals surface area contributed by atoms with E-state index in [1.54, 1.807) is 26.4 Å². The molecule has 1 heterocycles. The zero-order valence-corrected chi connectivity index (χ0v) is 18.8. The minimum atomic E-state index is -0.0491. The number of aryl methyl sites for hydroxylation is 1. The summed E-state index contributed by atoms with van der Waals surface area (Å²) in [5.41, 5.74) is 3.69. The zero-order valence-electron chi connectivity index (χ0n) is 18.8. The molecule has 0 unspecified atom stereocenters. The highest BCUT2D eigenvalue weighted by Gasteiger charge is 2.35. The highest BCUT2D eigenvalue weighted by atomic mass is 16.5. The van der Waals surface area contributed by atoms with E-state index in [0.717, 1.165) is 35.1 Å². The molecule has 6 heteroatoms. The van der Waals surface area contributed by atoms with Crippen molar-refractivity contribution in [3.63, 3.8) is 0 Å². The highest BCUT2D eigenvalue weighted by Crippen LogP contribution is 2.36. The van der Waals surface area contributed by atoms with E-state index in [4.69, 9.17) is 14.5 Å². The first kappa shape index (κ1) is 21.0. The Balaban J connectivity index is 1.74. The number of hydrogen-bond donors (Lipinski definition) is 0. The second-order valence-electron chi connectivity index (χ2n) is 8.27. The summed E-state index contributed by atoms with van der Waals surface area (Å²) in [5.74, 6) is 1.86. The third-order valence-electron chi connectivity index (χ3n) is 5.68. The van der Waals surface area contributed by atoms with Gasteiger partial charge in [0.05, 0.1) is 25.3 Å². The molecule has 3 aromatic rings. The lowest BCUT2D eigenvalue weighted by Crippen LogP contribution is -2.33. The molecule has 1 amide bonds. The van der Waals surface area contributed by atoms with Gasteiger partial charge in [0.2, 0.25) is 0 Å². The largest absolute Gasteiger partial charge is 0.493 e. The van der Waals surface area contributed by atoms with Crippen LogP contribution >= 0.6 is 0 Å². The van der Waals surface area contributed by atoms with E-state index in [9.17, 15) is 4.79 Å². The molecule has 6 nitrogen and oxygen atoms in total. The molecule has 0 atom stereocenters. The Morgan fingerprint density at radius 3 is 2.52 bits per heavy atom. The molecule has 2 aromatic carbocycles. The van der Waals surface area contributed by atoms with E-state index in [1.807, 2.05) is 30.0 Å². The van der Waals surface area contributed by atoms with E-state index in [0.29, 0.717) is 23.6 Å². The highest BCUT2D eigenvalue weighted by molar-refractivity contribution is 5.98. The second-order valence-corrected chi connectivity index (χ2v) is 8.27. The summed E-state index contributed by atoms with van der Waals surface area (Å²) in [5, 5.41) is 1.08. The number of carbonyl (C=O) groups is 1. The summed E-state index contributed by atoms with van der Waals surface area (Å²) in [6, 6.07) is 14.1. The first-order chi connectivity index (χ1) is 14.9. The van der Waals surface area contributed by atoms with Gasteiger partial charge in [0.1, 0.15) is 5.82 Å². The smallest absolute Gasteiger partial charge is 0.258 e. The third-order valence-corrected chi connectivity index (χ3v) is 5.68. The molecule has 0 radical (unpaired) electrons. The lowest BCUT2D eigenvalue weighted by atomic mass is 10.1. The van der Waals surface area contributed by atoms with Crippen LogP contribution in [0.4, 0.5) is 5.82 Å². The average molecular weight is 420 g/mol. The summed E-state index contributed by atoms with van der Waals surface area (Å²) in [4.78, 5) is 22.5. The summed E-state index contributed by atoms with van der Waals surface area (Å²) < 4.78 is 10.9. The Labute approximate surface area is 183 Å². The maximum absolute atomic E-state index is 13.6. The van der Waals surface area contributed by atoms with Gasteiger partial charge in [-0.3, -0.25) is 4.79 Å². The lowest BCUT2D eigenvalue weighted by Gasteiger charge is -2.26. The molecule has 0 bridgehead atoms. The molecule has 31 heavy (non-hydrogen) atoms. The van der Waals surface area contributed by atoms with Crippen molar-refractivity contribution in [3.05, 3.63) is 59.2 Å². The van der Waals surface area contributed by atoms with Crippen LogP contribution in [0.2, 0.25) is 0 Å². The van der Waals surface area contributed by atoms with Gasteiger partial charge >= 0.3 is 0 Å². The number of para-hydroxylation sites is 1. The molecule has 0 N–H and O–H groups in total. The molecule has 0 saturated heterocycles. The van der Waals surface area contributed by atoms with Crippen LogP contribution in [0.1, 0.15) is 34.3 Å². The Bertz CT molecular complexity index is 1120. The van der Waals surface area contributed by atoms with E-state index >= 15 is 0 Å². The van der Waals surface area contributed by atoms with Crippen LogP contribution < -0.4 is 14.4 Å². The average Bonchev–Trinajstić information content (AvgIpc) is 3.60. The van der Waals surface area contributed by atoms with Gasteiger partial charge in [-0.25, -0.2) is 4.98 Å². The van der Waals surface area contributed by atoms with Crippen molar-refractivity contribution in [2.24, 2.45) is 0 Å². The molecule has 4 rings (SSSR count). The molecular formula is C25H29N3O3. The number of aromatic nitrogens is 1. The molecule has 1 aromatic heterocycles. The number of amides is 1. The van der Waals surface area contributed by atoms with Crippen LogP contribution in [-0.4, -0.2) is 50.1 Å². The number of ether oxygens (including phenoxy) is 2. The van der Waals surface area contributed by atoms with Crippen LogP contribution in [0.3, 0.4) is 0 Å². The Morgan fingerprint density at radius 2 is 1.87 bits per heavy atom. The minimum absolute atomic E-state index is 0.0491. The zero-order chi connectivity index (χ0) is 22.1. The number of pyridine rings is 1. The predicted molar refractivity (Wildman–Crippen MR) is 123 cm³/mol. The molecule has 0 spiro atoms. The minimum Gasteiger partial charge on any atom is -0.493 e. The van der Waals surface area contributed by atoms with Crippen molar-refractivity contribution in [1.29, 1.82) is 0 Å². The van der Waals surface area contributed by atoms with E-state index in [-0.39, 0.29) is 11.9 Å². The van der Waals surface area contributed by atoms with Crippen LogP contribution in [0.25, 0.3) is 10.9 Å². The number of rotatable bonds is 7. The number of hydrogen-bond acceptors (Lipinski definition) is 5. The SMILES string of the molecule is COc1cccc(C(=O)N(Cc2cc3ccc(C)cc3nc2N(C)C)C2CC2)c1OC. The molecule has 0 aliphatic heterocycles. The fourth-order valence-corrected chi connectivity index (χ4v) is 3.96. The van der Waals surface area contributed by atoms with Crippen LogP contribution in [0.15, 0.2) is 42.5 Å². The summed E-state index contributed by atoms with van der Waals surface area (Å²) in [7, 11) is 7.12. The van der Waals surface area contributed by atoms with Gasteiger partial charge in [-0.1, -0.05) is 18.2 Å². The summed E-state index contributed by atoms with van der Waals surface area (Å²) in [6.07, 6.45) is 2.02.